The van der Waals surface area contributed by atoms with E-state index < -0.39 is 11.7 Å². The number of anilines is 2. The summed E-state index contributed by atoms with van der Waals surface area (Å²) >= 11 is 0. The third kappa shape index (κ3) is 2.73. The lowest BCUT2D eigenvalue weighted by molar-refractivity contribution is -0.122. The summed E-state index contributed by atoms with van der Waals surface area (Å²) in [6.07, 6.45) is 2.00. The van der Waals surface area contributed by atoms with E-state index >= 15 is 0 Å². The molecule has 1 fully saturated rings. The minimum absolute atomic E-state index is 0.0743. The molecular formula is C20H18FN3O2. The Hall–Kier alpha value is -3.15. The number of fused-ring (bicyclic) bond motifs is 1. The summed E-state index contributed by atoms with van der Waals surface area (Å²) in [7, 11) is 1.94. The van der Waals surface area contributed by atoms with E-state index in [1.54, 1.807) is 18.2 Å². The normalized spacial score (nSPS) is 17.1. The summed E-state index contributed by atoms with van der Waals surface area (Å²) in [6.45, 7) is 0.177. The Morgan fingerprint density at radius 1 is 1.15 bits per heavy atom. The van der Waals surface area contributed by atoms with E-state index in [0.29, 0.717) is 5.69 Å². The Morgan fingerprint density at radius 3 is 2.77 bits per heavy atom. The summed E-state index contributed by atoms with van der Waals surface area (Å²) in [5, 5.41) is 3.87. The summed E-state index contributed by atoms with van der Waals surface area (Å²) in [6, 6.07) is 13.7. The molecule has 2 amide bonds. The van der Waals surface area contributed by atoms with Gasteiger partial charge in [-0.15, -0.1) is 0 Å². The predicted molar refractivity (Wildman–Crippen MR) is 98.4 cm³/mol. The molecule has 1 aliphatic heterocycles. The molecule has 132 valence electrons. The fourth-order valence-corrected chi connectivity index (χ4v) is 3.43. The van der Waals surface area contributed by atoms with Crippen LogP contribution in [0.15, 0.2) is 54.7 Å². The number of amides is 2. The first kappa shape index (κ1) is 16.3. The standard InChI is InChI=1S/C20H18FN3O2/c1-23-10-9-14-16(6-4-8-17(14)23)22-20(26)13-11-19(25)24(12-13)18-7-3-2-5-15(18)21/h2-10,13H,11-12H2,1H3,(H,22,26)/t13-/m1/s1. The fourth-order valence-electron chi connectivity index (χ4n) is 3.43. The van der Waals surface area contributed by atoms with E-state index in [1.807, 2.05) is 42.1 Å². The van der Waals surface area contributed by atoms with Crippen molar-refractivity contribution in [3.63, 3.8) is 0 Å². The molecule has 6 heteroatoms. The van der Waals surface area contributed by atoms with Gasteiger partial charge in [0, 0.05) is 37.1 Å². The van der Waals surface area contributed by atoms with E-state index in [4.69, 9.17) is 0 Å². The van der Waals surface area contributed by atoms with Gasteiger partial charge in [-0.05, 0) is 30.3 Å². The van der Waals surface area contributed by atoms with E-state index in [1.165, 1.54) is 11.0 Å². The third-order valence-corrected chi connectivity index (χ3v) is 4.82. The van der Waals surface area contributed by atoms with Crippen molar-refractivity contribution in [1.29, 1.82) is 0 Å². The number of nitrogens with zero attached hydrogens (tertiary/aromatic N) is 2. The van der Waals surface area contributed by atoms with Gasteiger partial charge < -0.3 is 14.8 Å². The molecule has 0 unspecified atom stereocenters. The van der Waals surface area contributed by atoms with Gasteiger partial charge >= 0.3 is 0 Å². The summed E-state index contributed by atoms with van der Waals surface area (Å²) < 4.78 is 15.9. The number of aryl methyl sites for hydroxylation is 1. The van der Waals surface area contributed by atoms with Crippen molar-refractivity contribution < 1.29 is 14.0 Å². The van der Waals surface area contributed by atoms with Gasteiger partial charge in [-0.3, -0.25) is 9.59 Å². The second-order valence-electron chi connectivity index (χ2n) is 6.51. The highest BCUT2D eigenvalue weighted by Gasteiger charge is 2.36. The molecular weight excluding hydrogens is 333 g/mol. The van der Waals surface area contributed by atoms with E-state index in [0.717, 1.165) is 10.9 Å². The van der Waals surface area contributed by atoms with Crippen LogP contribution >= 0.6 is 0 Å². The Morgan fingerprint density at radius 2 is 1.96 bits per heavy atom. The highest BCUT2D eigenvalue weighted by atomic mass is 19.1. The molecule has 0 saturated carbocycles. The van der Waals surface area contributed by atoms with Crippen LogP contribution < -0.4 is 10.2 Å². The van der Waals surface area contributed by atoms with Crippen LogP contribution in [0.1, 0.15) is 6.42 Å². The highest BCUT2D eigenvalue weighted by Crippen LogP contribution is 2.29. The molecule has 1 saturated heterocycles. The molecule has 1 aliphatic rings. The average molecular weight is 351 g/mol. The Labute approximate surface area is 150 Å². The summed E-state index contributed by atoms with van der Waals surface area (Å²) in [5.74, 6) is -1.45. The van der Waals surface area contributed by atoms with Gasteiger partial charge in [0.05, 0.1) is 17.3 Å². The lowest BCUT2D eigenvalue weighted by Crippen LogP contribution is -2.28. The van der Waals surface area contributed by atoms with Crippen LogP contribution in [0.3, 0.4) is 0 Å². The van der Waals surface area contributed by atoms with Crippen molar-refractivity contribution in [2.75, 3.05) is 16.8 Å². The van der Waals surface area contributed by atoms with Crippen molar-refractivity contribution in [3.05, 3.63) is 60.5 Å². The molecule has 5 nitrogen and oxygen atoms in total. The molecule has 26 heavy (non-hydrogen) atoms. The zero-order valence-electron chi connectivity index (χ0n) is 14.3. The highest BCUT2D eigenvalue weighted by molar-refractivity contribution is 6.06. The number of hydrogen-bond donors (Lipinski definition) is 1. The molecule has 3 aromatic rings. The van der Waals surface area contributed by atoms with Crippen molar-refractivity contribution in [1.82, 2.24) is 4.57 Å². The number of nitrogens with one attached hydrogen (secondary N) is 1. The smallest absolute Gasteiger partial charge is 0.229 e. The topological polar surface area (TPSA) is 54.3 Å². The first-order chi connectivity index (χ1) is 12.5. The van der Waals surface area contributed by atoms with Crippen LogP contribution in [-0.4, -0.2) is 22.9 Å². The number of aromatic nitrogens is 1. The van der Waals surface area contributed by atoms with E-state index in [2.05, 4.69) is 5.32 Å². The third-order valence-electron chi connectivity index (χ3n) is 4.82. The van der Waals surface area contributed by atoms with E-state index in [-0.39, 0.29) is 30.5 Å². The van der Waals surface area contributed by atoms with Crippen LogP contribution in [0.25, 0.3) is 10.9 Å². The molecule has 0 aliphatic carbocycles. The summed E-state index contributed by atoms with van der Waals surface area (Å²) in [4.78, 5) is 26.3. The van der Waals surface area contributed by atoms with Gasteiger partial charge in [0.2, 0.25) is 11.8 Å². The van der Waals surface area contributed by atoms with Crippen molar-refractivity contribution in [2.24, 2.45) is 13.0 Å². The molecule has 4 rings (SSSR count). The van der Waals surface area contributed by atoms with Gasteiger partial charge in [0.1, 0.15) is 5.82 Å². The number of halogens is 1. The van der Waals surface area contributed by atoms with Gasteiger partial charge in [-0.2, -0.15) is 0 Å². The molecule has 1 aromatic heterocycles. The molecule has 1 atom stereocenters. The second kappa shape index (κ2) is 6.29. The maximum Gasteiger partial charge on any atom is 0.229 e. The van der Waals surface area contributed by atoms with Gasteiger partial charge in [0.25, 0.3) is 0 Å². The number of carbonyl (C=O) groups is 2. The molecule has 0 bridgehead atoms. The van der Waals surface area contributed by atoms with Gasteiger partial charge in [-0.25, -0.2) is 4.39 Å². The minimum Gasteiger partial charge on any atom is -0.350 e. The Bertz CT molecular complexity index is 1010. The molecule has 0 radical (unpaired) electrons. The number of carbonyl (C=O) groups excluding carboxylic acids is 2. The first-order valence-corrected chi connectivity index (χ1v) is 8.44. The Balaban J connectivity index is 1.54. The van der Waals surface area contributed by atoms with Crippen LogP contribution in [-0.2, 0) is 16.6 Å². The Kier molecular flexibility index (Phi) is 3.95. The van der Waals surface area contributed by atoms with Crippen LogP contribution in [0.2, 0.25) is 0 Å². The zero-order chi connectivity index (χ0) is 18.3. The molecule has 0 spiro atoms. The SMILES string of the molecule is Cn1ccc2c(NC(=O)[C@@H]3CC(=O)N(c4ccccc4F)C3)cccc21. The van der Waals surface area contributed by atoms with Gasteiger partial charge in [-0.1, -0.05) is 18.2 Å². The fraction of sp³-hybridized carbons (Fsp3) is 0.200. The number of hydrogen-bond acceptors (Lipinski definition) is 2. The van der Waals surface area contributed by atoms with Crippen molar-refractivity contribution >= 4 is 34.1 Å². The first-order valence-electron chi connectivity index (χ1n) is 8.44. The van der Waals surface area contributed by atoms with Crippen LogP contribution in [0, 0.1) is 11.7 Å². The molecule has 1 N–H and O–H groups in total. The monoisotopic (exact) mass is 351 g/mol. The summed E-state index contributed by atoms with van der Waals surface area (Å²) in [5.41, 5.74) is 1.95. The number of rotatable bonds is 3. The number of benzene rings is 2. The number of para-hydroxylation sites is 1. The molecule has 2 aromatic carbocycles. The van der Waals surface area contributed by atoms with Crippen molar-refractivity contribution in [3.8, 4) is 0 Å². The van der Waals surface area contributed by atoms with Crippen LogP contribution in [0.5, 0.6) is 0 Å². The minimum atomic E-state index is -0.513. The van der Waals surface area contributed by atoms with E-state index in [9.17, 15) is 14.0 Å². The van der Waals surface area contributed by atoms with Crippen molar-refractivity contribution in [2.45, 2.75) is 6.42 Å². The lowest BCUT2D eigenvalue weighted by atomic mass is 10.1. The zero-order valence-corrected chi connectivity index (χ0v) is 14.3. The molecule has 2 heterocycles. The average Bonchev–Trinajstić information content (AvgIpc) is 3.20. The maximum absolute atomic E-state index is 14.0. The quantitative estimate of drug-likeness (QED) is 0.787. The van der Waals surface area contributed by atoms with Gasteiger partial charge in [0.15, 0.2) is 0 Å². The second-order valence-corrected chi connectivity index (χ2v) is 6.51. The van der Waals surface area contributed by atoms with Crippen LogP contribution in [0.4, 0.5) is 15.8 Å². The largest absolute Gasteiger partial charge is 0.350 e. The lowest BCUT2D eigenvalue weighted by Gasteiger charge is -2.17. The maximum atomic E-state index is 14.0. The predicted octanol–water partition coefficient (Wildman–Crippen LogP) is 3.31.